The van der Waals surface area contributed by atoms with E-state index < -0.39 is 22.5 Å². The van der Waals surface area contributed by atoms with Gasteiger partial charge in [-0.15, -0.1) is 0 Å². The molecule has 0 amide bonds. The topological polar surface area (TPSA) is 115 Å². The molecule has 98 valence electrons. The lowest BCUT2D eigenvalue weighted by molar-refractivity contribution is -0.384. The summed E-state index contributed by atoms with van der Waals surface area (Å²) in [6.45, 7) is 1.33. The number of fused-ring (bicyclic) bond motifs is 1. The second kappa shape index (κ2) is 4.48. The van der Waals surface area contributed by atoms with Crippen molar-refractivity contribution >= 4 is 22.6 Å². The summed E-state index contributed by atoms with van der Waals surface area (Å²) in [5, 5.41) is 19.6. The summed E-state index contributed by atoms with van der Waals surface area (Å²) in [7, 11) is 0. The number of aliphatic carboxylic acids is 1. The van der Waals surface area contributed by atoms with Crippen LogP contribution in [0.25, 0.3) is 10.9 Å². The van der Waals surface area contributed by atoms with Crippen LogP contribution in [0.3, 0.4) is 0 Å². The van der Waals surface area contributed by atoms with Gasteiger partial charge < -0.3 is 5.11 Å². The second-order valence-corrected chi connectivity index (χ2v) is 3.93. The van der Waals surface area contributed by atoms with Gasteiger partial charge in [0.05, 0.1) is 22.2 Å². The zero-order valence-electron chi connectivity index (χ0n) is 9.81. The summed E-state index contributed by atoms with van der Waals surface area (Å²) in [5.41, 5.74) is -0.583. The van der Waals surface area contributed by atoms with Gasteiger partial charge in [0.1, 0.15) is 6.04 Å². The van der Waals surface area contributed by atoms with Gasteiger partial charge in [0.25, 0.3) is 11.2 Å². The largest absolute Gasteiger partial charge is 0.480 e. The van der Waals surface area contributed by atoms with Crippen LogP contribution in [-0.4, -0.2) is 25.6 Å². The lowest BCUT2D eigenvalue weighted by Gasteiger charge is -2.10. The molecule has 8 nitrogen and oxygen atoms in total. The standard InChI is InChI=1S/C11H9N3O5/c1-6(11(16)17)13-5-12-9-3-2-7(14(18)19)4-8(9)10(13)15/h2-6H,1H3,(H,16,17). The third kappa shape index (κ3) is 2.15. The highest BCUT2D eigenvalue weighted by molar-refractivity contribution is 5.80. The molecule has 0 spiro atoms. The van der Waals surface area contributed by atoms with Gasteiger partial charge in [0.15, 0.2) is 0 Å². The Kier molecular flexibility index (Phi) is 2.99. The van der Waals surface area contributed by atoms with E-state index in [1.54, 1.807) is 0 Å². The van der Waals surface area contributed by atoms with Crippen LogP contribution in [-0.2, 0) is 4.79 Å². The minimum atomic E-state index is -1.19. The normalized spacial score (nSPS) is 12.3. The summed E-state index contributed by atoms with van der Waals surface area (Å²) in [6.07, 6.45) is 1.12. The van der Waals surface area contributed by atoms with Crippen molar-refractivity contribution in [1.82, 2.24) is 9.55 Å². The quantitative estimate of drug-likeness (QED) is 0.651. The minimum absolute atomic E-state index is 0.0183. The molecular formula is C11H9N3O5. The van der Waals surface area contributed by atoms with E-state index in [-0.39, 0.29) is 16.6 Å². The molecule has 1 unspecified atom stereocenters. The maximum absolute atomic E-state index is 12.1. The Bertz CT molecular complexity index is 737. The van der Waals surface area contributed by atoms with Crippen molar-refractivity contribution in [3.8, 4) is 0 Å². The number of carboxylic acid groups (broad SMARTS) is 1. The van der Waals surface area contributed by atoms with E-state index in [1.165, 1.54) is 19.1 Å². The Labute approximate surface area is 106 Å². The molecule has 0 aliphatic rings. The zero-order valence-corrected chi connectivity index (χ0v) is 9.81. The summed E-state index contributed by atoms with van der Waals surface area (Å²) >= 11 is 0. The first kappa shape index (κ1) is 12.7. The zero-order chi connectivity index (χ0) is 14.2. The average Bonchev–Trinajstić information content (AvgIpc) is 2.38. The van der Waals surface area contributed by atoms with Crippen molar-refractivity contribution in [3.05, 3.63) is 45.0 Å². The Morgan fingerprint density at radius 2 is 2.21 bits per heavy atom. The van der Waals surface area contributed by atoms with Crippen LogP contribution in [0, 0.1) is 10.1 Å². The highest BCUT2D eigenvalue weighted by atomic mass is 16.6. The van der Waals surface area contributed by atoms with Crippen LogP contribution >= 0.6 is 0 Å². The number of rotatable bonds is 3. The number of nitro groups is 1. The SMILES string of the molecule is CC(C(=O)O)n1cnc2ccc([N+](=O)[O-])cc2c1=O. The predicted octanol–water partition coefficient (Wildman–Crippen LogP) is 0.950. The molecule has 2 aromatic rings. The molecule has 0 radical (unpaired) electrons. The Balaban J connectivity index is 2.72. The molecule has 0 saturated carbocycles. The second-order valence-electron chi connectivity index (χ2n) is 3.93. The van der Waals surface area contributed by atoms with E-state index >= 15 is 0 Å². The fourth-order valence-electron chi connectivity index (χ4n) is 1.63. The number of non-ortho nitro benzene ring substituents is 1. The molecule has 0 aliphatic carbocycles. The Hall–Kier alpha value is -2.77. The Morgan fingerprint density at radius 3 is 2.79 bits per heavy atom. The molecule has 1 atom stereocenters. The van der Waals surface area contributed by atoms with Crippen LogP contribution in [0.15, 0.2) is 29.3 Å². The lowest BCUT2D eigenvalue weighted by atomic mass is 10.2. The van der Waals surface area contributed by atoms with Crippen LogP contribution in [0.1, 0.15) is 13.0 Å². The van der Waals surface area contributed by atoms with Crippen molar-refractivity contribution in [2.24, 2.45) is 0 Å². The molecular weight excluding hydrogens is 254 g/mol. The fraction of sp³-hybridized carbons (Fsp3) is 0.182. The number of aromatic nitrogens is 2. The number of nitro benzene ring substituents is 1. The van der Waals surface area contributed by atoms with E-state index in [2.05, 4.69) is 4.98 Å². The van der Waals surface area contributed by atoms with Gasteiger partial charge in [-0.25, -0.2) is 9.78 Å². The molecule has 1 heterocycles. The Morgan fingerprint density at radius 1 is 1.53 bits per heavy atom. The van der Waals surface area contributed by atoms with Gasteiger partial charge in [-0.1, -0.05) is 0 Å². The molecule has 1 aromatic carbocycles. The summed E-state index contributed by atoms with van der Waals surface area (Å²) in [4.78, 5) is 36.9. The number of nitrogens with zero attached hydrogens (tertiary/aromatic N) is 3. The number of benzene rings is 1. The first-order valence-electron chi connectivity index (χ1n) is 5.30. The highest BCUT2D eigenvalue weighted by Crippen LogP contribution is 2.16. The predicted molar refractivity (Wildman–Crippen MR) is 65.0 cm³/mol. The van der Waals surface area contributed by atoms with E-state index in [1.807, 2.05) is 0 Å². The van der Waals surface area contributed by atoms with Crippen LogP contribution < -0.4 is 5.56 Å². The van der Waals surface area contributed by atoms with Gasteiger partial charge >= 0.3 is 5.97 Å². The summed E-state index contributed by atoms with van der Waals surface area (Å²) in [5.74, 6) is -1.19. The van der Waals surface area contributed by atoms with E-state index in [0.29, 0.717) is 0 Å². The lowest BCUT2D eigenvalue weighted by Crippen LogP contribution is -2.28. The first-order valence-corrected chi connectivity index (χ1v) is 5.30. The third-order valence-corrected chi connectivity index (χ3v) is 2.75. The minimum Gasteiger partial charge on any atom is -0.480 e. The highest BCUT2D eigenvalue weighted by Gasteiger charge is 2.17. The molecule has 0 aliphatic heterocycles. The molecule has 0 saturated heterocycles. The summed E-state index contributed by atoms with van der Waals surface area (Å²) < 4.78 is 0.925. The van der Waals surface area contributed by atoms with Crippen molar-refractivity contribution in [1.29, 1.82) is 0 Å². The third-order valence-electron chi connectivity index (χ3n) is 2.75. The van der Waals surface area contributed by atoms with Gasteiger partial charge in [-0.3, -0.25) is 19.5 Å². The van der Waals surface area contributed by atoms with Gasteiger partial charge in [0, 0.05) is 12.1 Å². The van der Waals surface area contributed by atoms with Crippen LogP contribution in [0.4, 0.5) is 5.69 Å². The van der Waals surface area contributed by atoms with Gasteiger partial charge in [0.2, 0.25) is 0 Å². The van der Waals surface area contributed by atoms with Crippen LogP contribution in [0.2, 0.25) is 0 Å². The number of carboxylic acids is 1. The van der Waals surface area contributed by atoms with Crippen LogP contribution in [0.5, 0.6) is 0 Å². The van der Waals surface area contributed by atoms with E-state index in [9.17, 15) is 19.7 Å². The molecule has 0 fully saturated rings. The molecule has 0 bridgehead atoms. The van der Waals surface area contributed by atoms with Gasteiger partial charge in [-0.2, -0.15) is 0 Å². The maximum Gasteiger partial charge on any atom is 0.326 e. The molecule has 19 heavy (non-hydrogen) atoms. The summed E-state index contributed by atoms with van der Waals surface area (Å²) in [6, 6.07) is 2.59. The monoisotopic (exact) mass is 263 g/mol. The smallest absolute Gasteiger partial charge is 0.326 e. The van der Waals surface area contributed by atoms with Crippen molar-refractivity contribution in [3.63, 3.8) is 0 Å². The number of carbonyl (C=O) groups is 1. The van der Waals surface area contributed by atoms with E-state index in [0.717, 1.165) is 17.0 Å². The number of hydrogen-bond acceptors (Lipinski definition) is 5. The van der Waals surface area contributed by atoms with E-state index in [4.69, 9.17) is 5.11 Å². The average molecular weight is 263 g/mol. The number of hydrogen-bond donors (Lipinski definition) is 1. The fourth-order valence-corrected chi connectivity index (χ4v) is 1.63. The maximum atomic E-state index is 12.1. The van der Waals surface area contributed by atoms with Crippen molar-refractivity contribution < 1.29 is 14.8 Å². The van der Waals surface area contributed by atoms with Crippen molar-refractivity contribution in [2.75, 3.05) is 0 Å². The molecule has 8 heteroatoms. The van der Waals surface area contributed by atoms with Gasteiger partial charge in [-0.05, 0) is 13.0 Å². The molecule has 1 N–H and O–H groups in total. The molecule has 1 aromatic heterocycles. The molecule has 2 rings (SSSR count). The first-order chi connectivity index (χ1) is 8.91. The van der Waals surface area contributed by atoms with Crippen molar-refractivity contribution in [2.45, 2.75) is 13.0 Å².